The third-order valence-electron chi connectivity index (χ3n) is 6.17. The summed E-state index contributed by atoms with van der Waals surface area (Å²) in [7, 11) is -3.59. The largest absolute Gasteiger partial charge is 0.353 e. The molecule has 1 N–H and O–H groups in total. The summed E-state index contributed by atoms with van der Waals surface area (Å²) in [5, 5.41) is 3.13. The maximum absolute atomic E-state index is 13.0. The van der Waals surface area contributed by atoms with Gasteiger partial charge < -0.3 is 5.32 Å². The Morgan fingerprint density at radius 3 is 2.42 bits per heavy atom. The Bertz CT molecular complexity index is 985. The van der Waals surface area contributed by atoms with E-state index < -0.39 is 10.0 Å². The molecule has 5 nitrogen and oxygen atoms in total. The first kappa shape index (κ1) is 23.5. The highest BCUT2D eigenvalue weighted by Crippen LogP contribution is 2.29. The molecule has 1 aliphatic rings. The zero-order chi connectivity index (χ0) is 22.6. The van der Waals surface area contributed by atoms with Crippen LogP contribution in [0.5, 0.6) is 0 Å². The van der Waals surface area contributed by atoms with Gasteiger partial charge in [0.2, 0.25) is 15.9 Å². The highest BCUT2D eigenvalue weighted by atomic mass is 32.2. The van der Waals surface area contributed by atoms with Crippen molar-refractivity contribution in [2.24, 2.45) is 5.92 Å². The molecule has 1 fully saturated rings. The molecule has 1 saturated heterocycles. The molecule has 1 heterocycles. The highest BCUT2D eigenvalue weighted by molar-refractivity contribution is 7.89. The second-order valence-electron chi connectivity index (χ2n) is 9.38. The van der Waals surface area contributed by atoms with E-state index in [0.717, 1.165) is 12.0 Å². The Morgan fingerprint density at radius 2 is 1.77 bits per heavy atom. The molecule has 2 aromatic carbocycles. The van der Waals surface area contributed by atoms with Crippen molar-refractivity contribution >= 4 is 15.9 Å². The second-order valence-corrected chi connectivity index (χ2v) is 11.3. The molecule has 0 unspecified atom stereocenters. The van der Waals surface area contributed by atoms with Crippen molar-refractivity contribution in [3.63, 3.8) is 0 Å². The number of aryl methyl sites for hydroxylation is 1. The fraction of sp³-hybridized carbons (Fsp3) is 0.480. The van der Waals surface area contributed by atoms with E-state index in [0.29, 0.717) is 19.4 Å². The molecule has 1 amide bonds. The van der Waals surface area contributed by atoms with Gasteiger partial charge in [-0.3, -0.25) is 4.79 Å². The van der Waals surface area contributed by atoms with E-state index in [1.54, 1.807) is 24.3 Å². The monoisotopic (exact) mass is 442 g/mol. The van der Waals surface area contributed by atoms with Gasteiger partial charge in [0.05, 0.1) is 10.8 Å². The molecule has 168 valence electrons. The Labute approximate surface area is 186 Å². The summed E-state index contributed by atoms with van der Waals surface area (Å²) in [6.07, 6.45) is 2.20. The number of hydrogen-bond donors (Lipinski definition) is 1. The van der Waals surface area contributed by atoms with Gasteiger partial charge in [0.1, 0.15) is 0 Å². The van der Waals surface area contributed by atoms with Gasteiger partial charge in [-0.1, -0.05) is 61.9 Å². The van der Waals surface area contributed by atoms with Gasteiger partial charge in [-0.25, -0.2) is 8.42 Å². The van der Waals surface area contributed by atoms with Crippen molar-refractivity contribution in [2.75, 3.05) is 13.1 Å². The molecular weight excluding hydrogens is 408 g/mol. The zero-order valence-corrected chi connectivity index (χ0v) is 19.8. The predicted molar refractivity (Wildman–Crippen MR) is 124 cm³/mol. The van der Waals surface area contributed by atoms with Crippen LogP contribution in [0, 0.1) is 12.8 Å². The quantitative estimate of drug-likeness (QED) is 0.696. The van der Waals surface area contributed by atoms with E-state index in [4.69, 9.17) is 0 Å². The summed E-state index contributed by atoms with van der Waals surface area (Å²) in [6, 6.07) is 17.2. The molecule has 0 radical (unpaired) electrons. The first-order chi connectivity index (χ1) is 14.6. The van der Waals surface area contributed by atoms with E-state index in [-0.39, 0.29) is 34.7 Å². The number of amides is 1. The van der Waals surface area contributed by atoms with Gasteiger partial charge in [-0.2, -0.15) is 4.31 Å². The lowest BCUT2D eigenvalue weighted by molar-refractivity contribution is -0.126. The van der Waals surface area contributed by atoms with Crippen LogP contribution in [0.25, 0.3) is 0 Å². The van der Waals surface area contributed by atoms with Gasteiger partial charge >= 0.3 is 0 Å². The Balaban J connectivity index is 1.62. The lowest BCUT2D eigenvalue weighted by atomic mass is 9.79. The minimum absolute atomic E-state index is 0.00760. The van der Waals surface area contributed by atoms with Gasteiger partial charge in [-0.15, -0.1) is 0 Å². The summed E-state index contributed by atoms with van der Waals surface area (Å²) in [6.45, 7) is 9.00. The fourth-order valence-electron chi connectivity index (χ4n) is 4.42. The Hall–Kier alpha value is -2.18. The molecule has 0 aliphatic carbocycles. The maximum atomic E-state index is 13.0. The summed E-state index contributed by atoms with van der Waals surface area (Å²) < 4.78 is 27.5. The molecule has 6 heteroatoms. The molecule has 0 aromatic heterocycles. The van der Waals surface area contributed by atoms with Crippen LogP contribution in [0.1, 0.15) is 51.2 Å². The number of piperidine rings is 1. The van der Waals surface area contributed by atoms with Crippen LogP contribution in [0.3, 0.4) is 0 Å². The van der Waals surface area contributed by atoms with Gasteiger partial charge in [0, 0.05) is 19.1 Å². The van der Waals surface area contributed by atoms with Crippen LogP contribution in [-0.2, 0) is 20.2 Å². The summed E-state index contributed by atoms with van der Waals surface area (Å²) in [5.74, 6) is -0.378. The lowest BCUT2D eigenvalue weighted by Crippen LogP contribution is -2.47. The van der Waals surface area contributed by atoms with Gasteiger partial charge in [0.15, 0.2) is 0 Å². The van der Waals surface area contributed by atoms with Gasteiger partial charge in [-0.05, 0) is 56.2 Å². The lowest BCUT2D eigenvalue weighted by Gasteiger charge is -2.33. The summed E-state index contributed by atoms with van der Waals surface area (Å²) >= 11 is 0. The minimum Gasteiger partial charge on any atom is -0.353 e. The number of nitrogens with one attached hydrogen (secondary N) is 1. The van der Waals surface area contributed by atoms with E-state index in [1.165, 1.54) is 9.87 Å². The third-order valence-corrected chi connectivity index (χ3v) is 8.05. The summed E-state index contributed by atoms with van der Waals surface area (Å²) in [4.78, 5) is 13.2. The van der Waals surface area contributed by atoms with E-state index in [2.05, 4.69) is 31.3 Å². The number of benzene rings is 2. The molecule has 31 heavy (non-hydrogen) atoms. The van der Waals surface area contributed by atoms with E-state index >= 15 is 0 Å². The van der Waals surface area contributed by atoms with Crippen LogP contribution in [0.4, 0.5) is 0 Å². The van der Waals surface area contributed by atoms with Crippen molar-refractivity contribution in [1.82, 2.24) is 9.62 Å². The minimum atomic E-state index is -3.59. The average molecular weight is 443 g/mol. The number of hydrogen-bond acceptors (Lipinski definition) is 3. The molecule has 0 saturated carbocycles. The SMILES string of the molecule is Cc1ccc(S(=O)(=O)N2CCC[C@H](C(=O)N[C@H](C)CC(C)(C)c3ccccc3)C2)cc1. The van der Waals surface area contributed by atoms with Gasteiger partial charge in [0.25, 0.3) is 0 Å². The highest BCUT2D eigenvalue weighted by Gasteiger charge is 2.34. The molecule has 3 rings (SSSR count). The number of nitrogens with zero attached hydrogens (tertiary/aromatic N) is 1. The molecule has 1 aliphatic heterocycles. The average Bonchev–Trinajstić information content (AvgIpc) is 2.74. The molecule has 2 atom stereocenters. The maximum Gasteiger partial charge on any atom is 0.243 e. The van der Waals surface area contributed by atoms with Crippen molar-refractivity contribution in [3.8, 4) is 0 Å². The molecular formula is C25H34N2O3S. The summed E-state index contributed by atoms with van der Waals surface area (Å²) in [5.41, 5.74) is 2.19. The van der Waals surface area contributed by atoms with Crippen molar-refractivity contribution in [2.45, 2.75) is 63.3 Å². The molecule has 2 aromatic rings. The topological polar surface area (TPSA) is 66.5 Å². The molecule has 0 spiro atoms. The van der Waals surface area contributed by atoms with Crippen molar-refractivity contribution in [1.29, 1.82) is 0 Å². The Kier molecular flexibility index (Phi) is 7.22. The van der Waals surface area contributed by atoms with Crippen molar-refractivity contribution < 1.29 is 13.2 Å². The number of carbonyl (C=O) groups excluding carboxylic acids is 1. The number of rotatable bonds is 7. The zero-order valence-electron chi connectivity index (χ0n) is 19.0. The van der Waals surface area contributed by atoms with Crippen LogP contribution in [0.15, 0.2) is 59.5 Å². The first-order valence-corrected chi connectivity index (χ1v) is 12.5. The number of carbonyl (C=O) groups is 1. The Morgan fingerprint density at radius 1 is 1.13 bits per heavy atom. The van der Waals surface area contributed by atoms with Crippen LogP contribution in [0.2, 0.25) is 0 Å². The normalized spacial score (nSPS) is 19.0. The van der Waals surface area contributed by atoms with Crippen LogP contribution >= 0.6 is 0 Å². The van der Waals surface area contributed by atoms with Crippen molar-refractivity contribution in [3.05, 3.63) is 65.7 Å². The second kappa shape index (κ2) is 9.53. The fourth-order valence-corrected chi connectivity index (χ4v) is 5.94. The standard InChI is InChI=1S/C25H34N2O3S/c1-19-12-14-23(15-13-19)31(29,30)27-16-8-9-21(18-27)24(28)26-20(2)17-25(3,4)22-10-6-5-7-11-22/h5-7,10-15,20-21H,8-9,16-18H2,1-4H3,(H,26,28)/t20-,21+/m1/s1. The van der Waals surface area contributed by atoms with E-state index in [1.807, 2.05) is 32.0 Å². The van der Waals surface area contributed by atoms with Crippen LogP contribution in [-0.4, -0.2) is 37.8 Å². The third kappa shape index (κ3) is 5.74. The smallest absolute Gasteiger partial charge is 0.243 e. The first-order valence-electron chi connectivity index (χ1n) is 11.0. The predicted octanol–water partition coefficient (Wildman–Crippen LogP) is 4.27. The van der Waals surface area contributed by atoms with E-state index in [9.17, 15) is 13.2 Å². The molecule has 0 bridgehead atoms. The van der Waals surface area contributed by atoms with Crippen LogP contribution < -0.4 is 5.32 Å². The number of sulfonamides is 1.